The van der Waals surface area contributed by atoms with Crippen LogP contribution in [-0.2, 0) is 9.09 Å². The zero-order chi connectivity index (χ0) is 20.3. The van der Waals surface area contributed by atoms with Crippen LogP contribution in [0, 0.1) is 0 Å². The van der Waals surface area contributed by atoms with E-state index in [2.05, 4.69) is 5.09 Å². The predicted octanol–water partition coefficient (Wildman–Crippen LogP) is 6.39. The van der Waals surface area contributed by atoms with E-state index in [0.29, 0.717) is 5.02 Å². The van der Waals surface area contributed by atoms with Gasteiger partial charge >= 0.3 is 13.5 Å². The lowest BCUT2D eigenvalue weighted by molar-refractivity contribution is 0.0703. The fraction of sp³-hybridized carbons (Fsp3) is 0.105. The van der Waals surface area contributed by atoms with Crippen molar-refractivity contribution in [3.63, 3.8) is 0 Å². The summed E-state index contributed by atoms with van der Waals surface area (Å²) in [6.07, 6.45) is 0. The Labute approximate surface area is 176 Å². The van der Waals surface area contributed by atoms with Gasteiger partial charge in [-0.2, -0.15) is 0 Å². The highest BCUT2D eigenvalue weighted by Gasteiger charge is 2.31. The maximum absolute atomic E-state index is 13.6. The van der Waals surface area contributed by atoms with Crippen molar-refractivity contribution in [2.24, 2.45) is 0 Å². The Bertz CT molecular complexity index is 1060. The van der Waals surface area contributed by atoms with Crippen molar-refractivity contribution in [1.29, 1.82) is 0 Å². The molecule has 0 aliphatic rings. The van der Waals surface area contributed by atoms with Crippen LogP contribution in [0.2, 0.25) is 10.0 Å². The fourth-order valence-electron chi connectivity index (χ4n) is 2.60. The number of hydrogen-bond donors (Lipinski definition) is 2. The third kappa shape index (κ3) is 4.43. The van der Waals surface area contributed by atoms with Crippen LogP contribution in [0.1, 0.15) is 16.6 Å². The summed E-state index contributed by atoms with van der Waals surface area (Å²) in [7, 11) is -3.69. The average Bonchev–Trinajstić information content (AvgIpc) is 3.06. The quantitative estimate of drug-likeness (QED) is 0.403. The van der Waals surface area contributed by atoms with Gasteiger partial charge in [0.05, 0.1) is 22.6 Å². The number of nitrogens with one attached hydrogen (secondary N) is 1. The summed E-state index contributed by atoms with van der Waals surface area (Å²) in [6.45, 7) is 1.83. The number of aromatic carboxylic acids is 1. The van der Waals surface area contributed by atoms with Gasteiger partial charge in [0, 0.05) is 9.90 Å². The molecule has 0 aliphatic heterocycles. The maximum Gasteiger partial charge on any atom is 0.348 e. The Morgan fingerprint density at radius 2 is 1.89 bits per heavy atom. The zero-order valence-corrected chi connectivity index (χ0v) is 17.9. The number of hydrogen-bond acceptors (Lipinski definition) is 4. The predicted molar refractivity (Wildman–Crippen MR) is 116 cm³/mol. The second kappa shape index (κ2) is 8.68. The van der Waals surface area contributed by atoms with Crippen LogP contribution >= 0.6 is 42.1 Å². The monoisotopic (exact) mass is 455 g/mol. The number of carboxylic acids is 1. The van der Waals surface area contributed by atoms with Crippen LogP contribution in [0.25, 0.3) is 10.4 Å². The molecule has 0 radical (unpaired) electrons. The second-order valence-corrected chi connectivity index (χ2v) is 9.66. The van der Waals surface area contributed by atoms with Gasteiger partial charge in [0.1, 0.15) is 4.88 Å². The Morgan fingerprint density at radius 1 is 1.18 bits per heavy atom. The van der Waals surface area contributed by atoms with E-state index in [1.807, 2.05) is 30.3 Å². The molecule has 28 heavy (non-hydrogen) atoms. The molecule has 1 heterocycles. The lowest BCUT2D eigenvalue weighted by Crippen LogP contribution is -2.16. The molecule has 3 rings (SSSR count). The zero-order valence-electron chi connectivity index (χ0n) is 14.7. The van der Waals surface area contributed by atoms with Gasteiger partial charge in [0.2, 0.25) is 0 Å². The number of carbonyl (C=O) groups is 1. The molecule has 0 bridgehead atoms. The van der Waals surface area contributed by atoms with Crippen molar-refractivity contribution >= 4 is 59.0 Å². The highest BCUT2D eigenvalue weighted by Crippen LogP contribution is 2.50. The van der Waals surface area contributed by atoms with Gasteiger partial charge in [-0.1, -0.05) is 53.5 Å². The highest BCUT2D eigenvalue weighted by molar-refractivity contribution is 7.68. The van der Waals surface area contributed by atoms with E-state index in [0.717, 1.165) is 21.8 Å². The smallest absolute Gasteiger partial charge is 0.348 e. The topological polar surface area (TPSA) is 75.6 Å². The molecule has 5 nitrogen and oxygen atoms in total. The molecule has 0 amide bonds. The molecule has 0 spiro atoms. The summed E-state index contributed by atoms with van der Waals surface area (Å²) in [5.74, 6) is -1.13. The lowest BCUT2D eigenvalue weighted by atomic mass is 10.2. The maximum atomic E-state index is 13.6. The Kier molecular flexibility index (Phi) is 6.48. The number of anilines is 1. The van der Waals surface area contributed by atoms with Crippen LogP contribution in [0.5, 0.6) is 0 Å². The van der Waals surface area contributed by atoms with Crippen molar-refractivity contribution in [3.8, 4) is 10.4 Å². The molecule has 1 atom stereocenters. The summed E-state index contributed by atoms with van der Waals surface area (Å²) >= 11 is 13.2. The molecule has 1 unspecified atom stereocenters. The van der Waals surface area contributed by atoms with Gasteiger partial charge in [0.25, 0.3) is 0 Å². The molecule has 3 aromatic rings. The summed E-state index contributed by atoms with van der Waals surface area (Å²) < 4.78 is 19.1. The van der Waals surface area contributed by atoms with Gasteiger partial charge in [-0.3, -0.25) is 4.57 Å². The second-order valence-electron chi connectivity index (χ2n) is 5.70. The van der Waals surface area contributed by atoms with Gasteiger partial charge in [-0.25, -0.2) is 4.79 Å². The Balaban J connectivity index is 2.07. The molecular weight excluding hydrogens is 440 g/mol. The number of benzene rings is 2. The standard InChI is InChI=1S/C19H16Cl2NO4PS/c1-2-26-27(25,16-9-8-13(20)10-14(16)21)22-15-11-17(28-18(15)19(23)24)12-6-4-3-5-7-12/h3-11H,2H2,1H3,(H,22,25)(H,23,24). The number of rotatable bonds is 7. The van der Waals surface area contributed by atoms with Crippen molar-refractivity contribution in [2.75, 3.05) is 11.7 Å². The summed E-state index contributed by atoms with van der Waals surface area (Å²) in [5.41, 5.74) is 1.07. The molecule has 0 fully saturated rings. The minimum absolute atomic E-state index is 0.0314. The van der Waals surface area contributed by atoms with E-state index >= 15 is 0 Å². The van der Waals surface area contributed by atoms with E-state index in [1.54, 1.807) is 19.1 Å². The first-order valence-electron chi connectivity index (χ1n) is 8.25. The van der Waals surface area contributed by atoms with Gasteiger partial charge in [0.15, 0.2) is 0 Å². The third-order valence-corrected chi connectivity index (χ3v) is 7.82. The molecule has 1 aromatic heterocycles. The van der Waals surface area contributed by atoms with E-state index in [-0.39, 0.29) is 27.5 Å². The van der Waals surface area contributed by atoms with E-state index in [4.69, 9.17) is 27.7 Å². The first-order valence-corrected chi connectivity index (χ1v) is 11.4. The Morgan fingerprint density at radius 3 is 2.50 bits per heavy atom. The molecular formula is C19H16Cl2NO4PS. The largest absolute Gasteiger partial charge is 0.477 e. The molecule has 2 N–H and O–H groups in total. The minimum Gasteiger partial charge on any atom is -0.477 e. The summed E-state index contributed by atoms with van der Waals surface area (Å²) in [5, 5.41) is 13.2. The normalized spacial score (nSPS) is 13.1. The van der Waals surface area contributed by atoms with E-state index in [9.17, 15) is 14.5 Å². The van der Waals surface area contributed by atoms with Gasteiger partial charge in [-0.15, -0.1) is 11.3 Å². The first-order chi connectivity index (χ1) is 13.3. The summed E-state index contributed by atoms with van der Waals surface area (Å²) in [6, 6.07) is 15.5. The van der Waals surface area contributed by atoms with Crippen LogP contribution < -0.4 is 10.4 Å². The van der Waals surface area contributed by atoms with Crippen LogP contribution in [0.3, 0.4) is 0 Å². The van der Waals surface area contributed by atoms with Crippen LogP contribution in [0.15, 0.2) is 54.6 Å². The number of thiophene rings is 1. The SMILES string of the molecule is CCOP(=O)(Nc1cc(-c2ccccc2)sc1C(=O)O)c1ccc(Cl)cc1Cl. The van der Waals surface area contributed by atoms with E-state index in [1.165, 1.54) is 12.1 Å². The highest BCUT2D eigenvalue weighted by atomic mass is 35.5. The van der Waals surface area contributed by atoms with Crippen molar-refractivity contribution in [2.45, 2.75) is 6.92 Å². The Hall–Kier alpha value is -1.82. The molecule has 146 valence electrons. The average molecular weight is 456 g/mol. The van der Waals surface area contributed by atoms with E-state index < -0.39 is 13.5 Å². The van der Waals surface area contributed by atoms with Crippen molar-refractivity contribution in [3.05, 3.63) is 69.5 Å². The van der Waals surface area contributed by atoms with Crippen LogP contribution in [-0.4, -0.2) is 17.7 Å². The number of halogens is 2. The van der Waals surface area contributed by atoms with Crippen LogP contribution in [0.4, 0.5) is 5.69 Å². The molecule has 0 saturated heterocycles. The minimum atomic E-state index is -3.69. The van der Waals surface area contributed by atoms with Gasteiger partial charge < -0.3 is 14.7 Å². The fourth-order valence-corrected chi connectivity index (χ4v) is 6.17. The van der Waals surface area contributed by atoms with Crippen molar-refractivity contribution in [1.82, 2.24) is 0 Å². The summed E-state index contributed by atoms with van der Waals surface area (Å²) in [4.78, 5) is 12.5. The third-order valence-electron chi connectivity index (χ3n) is 3.79. The molecule has 0 saturated carbocycles. The van der Waals surface area contributed by atoms with Gasteiger partial charge in [-0.05, 0) is 36.8 Å². The lowest BCUT2D eigenvalue weighted by Gasteiger charge is -2.21. The number of carboxylic acid groups (broad SMARTS) is 1. The first kappa shape index (κ1) is 20.9. The molecule has 9 heteroatoms. The molecule has 0 aliphatic carbocycles. The van der Waals surface area contributed by atoms with Crippen molar-refractivity contribution < 1.29 is 19.0 Å². The molecule has 2 aromatic carbocycles.